The lowest BCUT2D eigenvalue weighted by atomic mass is 10.1. The SMILES string of the molecule is CCn1ncc(C(O)c2cncnc2Cl)c1Br.CCn1ncc(Cc2cnc[nH]c2=O)c1Br. The summed E-state index contributed by atoms with van der Waals surface area (Å²) < 4.78 is 5.21. The van der Waals surface area contributed by atoms with Crippen molar-refractivity contribution in [1.29, 1.82) is 0 Å². The molecule has 0 amide bonds. The Hall–Kier alpha value is -2.41. The van der Waals surface area contributed by atoms with E-state index < -0.39 is 6.10 Å². The normalized spacial score (nSPS) is 11.7. The van der Waals surface area contributed by atoms with Gasteiger partial charge in [-0.2, -0.15) is 10.2 Å². The van der Waals surface area contributed by atoms with Gasteiger partial charge in [0.25, 0.3) is 5.56 Å². The zero-order valence-corrected chi connectivity index (χ0v) is 21.7. The molecule has 4 aromatic heterocycles. The van der Waals surface area contributed by atoms with Gasteiger partial charge in [0, 0.05) is 54.2 Å². The molecule has 10 nitrogen and oxygen atoms in total. The third kappa shape index (κ3) is 5.94. The van der Waals surface area contributed by atoms with Crippen LogP contribution in [0.15, 0.2) is 51.4 Å². The van der Waals surface area contributed by atoms with Crippen LogP contribution in [-0.4, -0.2) is 44.6 Å². The van der Waals surface area contributed by atoms with Crippen molar-refractivity contribution in [2.45, 2.75) is 39.5 Å². The van der Waals surface area contributed by atoms with Gasteiger partial charge in [-0.1, -0.05) is 11.6 Å². The van der Waals surface area contributed by atoms with Crippen molar-refractivity contribution in [1.82, 2.24) is 39.5 Å². The van der Waals surface area contributed by atoms with Crippen LogP contribution in [0, 0.1) is 0 Å². The maximum atomic E-state index is 11.5. The zero-order chi connectivity index (χ0) is 24.0. The predicted octanol–water partition coefficient (Wildman–Crippen LogP) is 3.53. The van der Waals surface area contributed by atoms with E-state index in [2.05, 4.69) is 62.0 Å². The number of aliphatic hydroxyl groups excluding tert-OH is 1. The van der Waals surface area contributed by atoms with Crippen molar-refractivity contribution in [3.63, 3.8) is 0 Å². The van der Waals surface area contributed by atoms with Gasteiger partial charge in [0.05, 0.1) is 18.7 Å². The number of aliphatic hydroxyl groups is 1. The van der Waals surface area contributed by atoms with Crippen LogP contribution in [0.4, 0.5) is 0 Å². The Balaban J connectivity index is 0.000000186. The summed E-state index contributed by atoms with van der Waals surface area (Å²) in [6.45, 7) is 5.49. The Kier molecular flexibility index (Phi) is 8.89. The lowest BCUT2D eigenvalue weighted by Crippen LogP contribution is -2.12. The predicted molar refractivity (Wildman–Crippen MR) is 130 cm³/mol. The summed E-state index contributed by atoms with van der Waals surface area (Å²) in [5.41, 5.74) is 2.62. The number of halogens is 3. The molecule has 1 unspecified atom stereocenters. The minimum Gasteiger partial charge on any atom is -0.383 e. The van der Waals surface area contributed by atoms with E-state index >= 15 is 0 Å². The third-order valence-electron chi connectivity index (χ3n) is 4.70. The Labute approximate surface area is 211 Å². The van der Waals surface area contributed by atoms with Gasteiger partial charge in [-0.05, 0) is 45.7 Å². The Morgan fingerprint density at radius 2 is 1.70 bits per heavy atom. The van der Waals surface area contributed by atoms with E-state index in [1.54, 1.807) is 23.3 Å². The van der Waals surface area contributed by atoms with Crippen molar-refractivity contribution in [2.24, 2.45) is 0 Å². The molecule has 0 saturated heterocycles. The highest BCUT2D eigenvalue weighted by atomic mass is 79.9. The summed E-state index contributed by atoms with van der Waals surface area (Å²) >= 11 is 12.8. The number of rotatable bonds is 6. The average molecular weight is 601 g/mol. The number of aromatic nitrogens is 8. The second kappa shape index (κ2) is 11.6. The lowest BCUT2D eigenvalue weighted by Gasteiger charge is -2.10. The van der Waals surface area contributed by atoms with Crippen LogP contribution in [0.1, 0.15) is 42.2 Å². The lowest BCUT2D eigenvalue weighted by molar-refractivity contribution is 0.218. The highest BCUT2D eigenvalue weighted by Crippen LogP contribution is 2.30. The third-order valence-corrected chi connectivity index (χ3v) is 6.80. The van der Waals surface area contributed by atoms with Crippen LogP contribution >= 0.6 is 43.5 Å². The van der Waals surface area contributed by atoms with Gasteiger partial charge in [0.2, 0.25) is 0 Å². The summed E-state index contributed by atoms with van der Waals surface area (Å²) in [5, 5.41) is 18.8. The van der Waals surface area contributed by atoms with E-state index in [1.165, 1.54) is 18.9 Å². The van der Waals surface area contributed by atoms with E-state index in [0.717, 1.165) is 21.3 Å². The molecule has 0 fully saturated rings. The van der Waals surface area contributed by atoms with Crippen LogP contribution in [0.25, 0.3) is 0 Å². The number of hydrogen-bond donors (Lipinski definition) is 2. The molecule has 0 aliphatic heterocycles. The number of aromatic amines is 1. The van der Waals surface area contributed by atoms with Crippen molar-refractivity contribution in [3.8, 4) is 0 Å². The molecule has 0 bridgehead atoms. The van der Waals surface area contributed by atoms with Gasteiger partial charge in [-0.15, -0.1) is 0 Å². The molecule has 0 aromatic carbocycles. The van der Waals surface area contributed by atoms with Crippen molar-refractivity contribution in [2.75, 3.05) is 0 Å². The fourth-order valence-corrected chi connectivity index (χ4v) is 4.36. The molecule has 0 aliphatic rings. The quantitative estimate of drug-likeness (QED) is 0.324. The van der Waals surface area contributed by atoms with E-state index in [1.807, 2.05) is 18.5 Å². The standard InChI is InChI=1S/C10H10BrClN4O.C10H11BrN4O/c1-2-16-9(11)6(4-15-16)8(17)7-3-13-5-14-10(7)12;1-2-15-9(11)7(5-14-15)3-8-4-12-6-13-10(8)16/h3-5,8,17H,2H2,1H3;4-6H,2-3H2,1H3,(H,12,13,16). The van der Waals surface area contributed by atoms with Crippen molar-refractivity contribution < 1.29 is 5.11 Å². The minimum absolute atomic E-state index is 0.105. The molecular weight excluding hydrogens is 580 g/mol. The topological polar surface area (TPSA) is 127 Å². The molecule has 13 heteroatoms. The molecule has 174 valence electrons. The van der Waals surface area contributed by atoms with E-state index in [4.69, 9.17) is 11.6 Å². The number of hydrogen-bond acceptors (Lipinski definition) is 7. The molecule has 4 rings (SSSR count). The second-order valence-electron chi connectivity index (χ2n) is 6.74. The maximum absolute atomic E-state index is 11.5. The molecule has 0 spiro atoms. The number of aryl methyl sites for hydroxylation is 2. The maximum Gasteiger partial charge on any atom is 0.254 e. The first-order valence-electron chi connectivity index (χ1n) is 9.93. The Morgan fingerprint density at radius 1 is 1.00 bits per heavy atom. The van der Waals surface area contributed by atoms with Crippen LogP contribution < -0.4 is 5.56 Å². The molecular formula is C20H21Br2ClN8O2. The van der Waals surface area contributed by atoms with Crippen molar-refractivity contribution in [3.05, 3.63) is 84.4 Å². The molecule has 33 heavy (non-hydrogen) atoms. The fourth-order valence-electron chi connectivity index (χ4n) is 2.92. The first-order chi connectivity index (χ1) is 15.9. The van der Waals surface area contributed by atoms with E-state index in [-0.39, 0.29) is 10.7 Å². The smallest absolute Gasteiger partial charge is 0.254 e. The van der Waals surface area contributed by atoms with E-state index in [9.17, 15) is 9.90 Å². The molecule has 2 N–H and O–H groups in total. The summed E-state index contributed by atoms with van der Waals surface area (Å²) in [4.78, 5) is 25.6. The van der Waals surface area contributed by atoms with Crippen LogP contribution in [0.5, 0.6) is 0 Å². The van der Waals surface area contributed by atoms with Gasteiger partial charge in [0.15, 0.2) is 0 Å². The molecule has 4 aromatic rings. The Morgan fingerprint density at radius 3 is 2.30 bits per heavy atom. The summed E-state index contributed by atoms with van der Waals surface area (Å²) in [7, 11) is 0. The van der Waals surface area contributed by atoms with E-state index in [0.29, 0.717) is 29.7 Å². The molecule has 4 heterocycles. The molecule has 0 aliphatic carbocycles. The highest BCUT2D eigenvalue weighted by Gasteiger charge is 2.20. The van der Waals surface area contributed by atoms with Gasteiger partial charge in [0.1, 0.15) is 26.8 Å². The second-order valence-corrected chi connectivity index (χ2v) is 8.60. The van der Waals surface area contributed by atoms with Crippen LogP contribution in [0.2, 0.25) is 5.15 Å². The molecule has 0 saturated carbocycles. The van der Waals surface area contributed by atoms with Crippen LogP contribution in [0.3, 0.4) is 0 Å². The monoisotopic (exact) mass is 598 g/mol. The first kappa shape index (κ1) is 25.2. The Bertz CT molecular complexity index is 1270. The summed E-state index contributed by atoms with van der Waals surface area (Å²) in [6, 6.07) is 0. The molecule has 0 radical (unpaired) electrons. The summed E-state index contributed by atoms with van der Waals surface area (Å²) in [6.07, 6.45) is 8.80. The number of H-pyrrole nitrogens is 1. The summed E-state index contributed by atoms with van der Waals surface area (Å²) in [5.74, 6) is 0. The fraction of sp³-hybridized carbons (Fsp3) is 0.300. The zero-order valence-electron chi connectivity index (χ0n) is 17.8. The highest BCUT2D eigenvalue weighted by molar-refractivity contribution is 9.10. The van der Waals surface area contributed by atoms with Gasteiger partial charge >= 0.3 is 0 Å². The van der Waals surface area contributed by atoms with Crippen LogP contribution in [-0.2, 0) is 19.5 Å². The van der Waals surface area contributed by atoms with Gasteiger partial charge in [-0.3, -0.25) is 14.2 Å². The number of nitrogens with one attached hydrogen (secondary N) is 1. The number of nitrogens with zero attached hydrogens (tertiary/aromatic N) is 7. The minimum atomic E-state index is -0.890. The molecule has 1 atom stereocenters. The van der Waals surface area contributed by atoms with Gasteiger partial charge < -0.3 is 10.1 Å². The van der Waals surface area contributed by atoms with Crippen molar-refractivity contribution >= 4 is 43.5 Å². The average Bonchev–Trinajstić information content (AvgIpc) is 3.37. The first-order valence-corrected chi connectivity index (χ1v) is 11.9. The van der Waals surface area contributed by atoms with Gasteiger partial charge in [-0.25, -0.2) is 15.0 Å². The largest absolute Gasteiger partial charge is 0.383 e.